The van der Waals surface area contributed by atoms with E-state index in [9.17, 15) is 0 Å². The van der Waals surface area contributed by atoms with Crippen LogP contribution in [0.2, 0.25) is 0 Å². The molecular formula is C17H24ClN. The first-order valence-electron chi connectivity index (χ1n) is 7.76. The van der Waals surface area contributed by atoms with Gasteiger partial charge in [0.25, 0.3) is 0 Å². The highest BCUT2D eigenvalue weighted by molar-refractivity contribution is 6.18. The summed E-state index contributed by atoms with van der Waals surface area (Å²) < 4.78 is 0. The maximum absolute atomic E-state index is 6.00. The minimum atomic E-state index is 0.730. The van der Waals surface area contributed by atoms with Gasteiger partial charge < -0.3 is 0 Å². The lowest BCUT2D eigenvalue weighted by molar-refractivity contribution is 0.124. The highest BCUT2D eigenvalue weighted by atomic mass is 35.5. The van der Waals surface area contributed by atoms with E-state index in [1.54, 1.807) is 11.1 Å². The Hall–Kier alpha value is -0.530. The smallest absolute Gasteiger partial charge is 0.0351 e. The summed E-state index contributed by atoms with van der Waals surface area (Å²) in [6, 6.07) is 9.86. The Labute approximate surface area is 121 Å². The SMILES string of the molecule is ClCCN(CC1CCCc2ccccc21)C1CCC1. The van der Waals surface area contributed by atoms with Crippen molar-refractivity contribution in [3.8, 4) is 0 Å². The monoisotopic (exact) mass is 277 g/mol. The second-order valence-corrected chi connectivity index (χ2v) is 6.43. The van der Waals surface area contributed by atoms with Crippen molar-refractivity contribution in [2.24, 2.45) is 0 Å². The van der Waals surface area contributed by atoms with Gasteiger partial charge in [0.15, 0.2) is 0 Å². The van der Waals surface area contributed by atoms with Crippen molar-refractivity contribution in [2.75, 3.05) is 19.0 Å². The summed E-state index contributed by atoms with van der Waals surface area (Å²) in [5.74, 6) is 1.50. The normalized spacial score (nSPS) is 23.2. The average molecular weight is 278 g/mol. The molecule has 2 aliphatic rings. The zero-order valence-electron chi connectivity index (χ0n) is 11.7. The van der Waals surface area contributed by atoms with Gasteiger partial charge in [0, 0.05) is 25.0 Å². The molecule has 0 aromatic heterocycles. The Morgan fingerprint density at radius 2 is 1.95 bits per heavy atom. The molecule has 1 saturated carbocycles. The molecule has 104 valence electrons. The molecule has 1 aromatic carbocycles. The van der Waals surface area contributed by atoms with E-state index in [1.807, 2.05) is 0 Å². The highest BCUT2D eigenvalue weighted by Crippen LogP contribution is 2.34. The van der Waals surface area contributed by atoms with Gasteiger partial charge in [-0.2, -0.15) is 0 Å². The van der Waals surface area contributed by atoms with Gasteiger partial charge in [-0.3, -0.25) is 4.90 Å². The van der Waals surface area contributed by atoms with Crippen molar-refractivity contribution in [3.63, 3.8) is 0 Å². The molecule has 1 aromatic rings. The molecule has 2 heteroatoms. The maximum Gasteiger partial charge on any atom is 0.0351 e. The highest BCUT2D eigenvalue weighted by Gasteiger charge is 2.28. The van der Waals surface area contributed by atoms with Gasteiger partial charge in [-0.1, -0.05) is 30.7 Å². The van der Waals surface area contributed by atoms with Crippen LogP contribution in [-0.2, 0) is 6.42 Å². The first-order chi connectivity index (χ1) is 9.38. The quantitative estimate of drug-likeness (QED) is 0.729. The van der Waals surface area contributed by atoms with Crippen LogP contribution in [0.25, 0.3) is 0 Å². The molecule has 0 aliphatic heterocycles. The van der Waals surface area contributed by atoms with Crippen LogP contribution in [-0.4, -0.2) is 29.9 Å². The Morgan fingerprint density at radius 3 is 2.68 bits per heavy atom. The lowest BCUT2D eigenvalue weighted by atomic mass is 9.81. The third-order valence-electron chi connectivity index (χ3n) is 4.91. The van der Waals surface area contributed by atoms with E-state index in [1.165, 1.54) is 45.1 Å². The lowest BCUT2D eigenvalue weighted by Crippen LogP contribution is -2.43. The van der Waals surface area contributed by atoms with Crippen molar-refractivity contribution in [2.45, 2.75) is 50.5 Å². The lowest BCUT2D eigenvalue weighted by Gasteiger charge is -2.40. The number of rotatable bonds is 5. The Bertz CT molecular complexity index is 413. The fraction of sp³-hybridized carbons (Fsp3) is 0.647. The number of benzene rings is 1. The van der Waals surface area contributed by atoms with E-state index >= 15 is 0 Å². The number of fused-ring (bicyclic) bond motifs is 1. The first kappa shape index (κ1) is 13.5. The number of hydrogen-bond donors (Lipinski definition) is 0. The molecule has 2 aliphatic carbocycles. The standard InChI is InChI=1S/C17H24ClN/c18-11-12-19(16-8-4-9-16)13-15-7-3-6-14-5-1-2-10-17(14)15/h1-2,5,10,15-16H,3-4,6-9,11-13H2. The molecule has 1 unspecified atom stereocenters. The van der Waals surface area contributed by atoms with E-state index < -0.39 is 0 Å². The van der Waals surface area contributed by atoms with Gasteiger partial charge >= 0.3 is 0 Å². The van der Waals surface area contributed by atoms with Gasteiger partial charge in [0.1, 0.15) is 0 Å². The zero-order chi connectivity index (χ0) is 13.1. The number of halogens is 1. The summed E-state index contributed by atoms with van der Waals surface area (Å²) >= 11 is 6.00. The molecule has 0 heterocycles. The molecule has 3 rings (SSSR count). The number of hydrogen-bond acceptors (Lipinski definition) is 1. The van der Waals surface area contributed by atoms with Crippen LogP contribution in [0.4, 0.5) is 0 Å². The second kappa shape index (κ2) is 6.28. The molecule has 0 radical (unpaired) electrons. The van der Waals surface area contributed by atoms with Crippen LogP contribution in [0.15, 0.2) is 24.3 Å². The average Bonchev–Trinajstić information content (AvgIpc) is 2.37. The Balaban J connectivity index is 1.71. The predicted octanol–water partition coefficient (Wildman–Crippen LogP) is 4.20. The molecular weight excluding hydrogens is 254 g/mol. The third kappa shape index (κ3) is 2.98. The third-order valence-corrected chi connectivity index (χ3v) is 5.08. The largest absolute Gasteiger partial charge is 0.299 e. The van der Waals surface area contributed by atoms with Crippen molar-refractivity contribution >= 4 is 11.6 Å². The molecule has 0 bridgehead atoms. The summed E-state index contributed by atoms with van der Waals surface area (Å²) in [6.07, 6.45) is 8.14. The fourth-order valence-corrected chi connectivity index (χ4v) is 3.83. The van der Waals surface area contributed by atoms with E-state index in [-0.39, 0.29) is 0 Å². The second-order valence-electron chi connectivity index (χ2n) is 6.06. The van der Waals surface area contributed by atoms with Gasteiger partial charge in [-0.25, -0.2) is 0 Å². The Kier molecular flexibility index (Phi) is 4.45. The van der Waals surface area contributed by atoms with E-state index in [0.717, 1.165) is 24.4 Å². The summed E-state index contributed by atoms with van der Waals surface area (Å²) in [5.41, 5.74) is 3.19. The van der Waals surface area contributed by atoms with E-state index in [2.05, 4.69) is 29.2 Å². The fourth-order valence-electron chi connectivity index (χ4n) is 3.61. The van der Waals surface area contributed by atoms with E-state index in [4.69, 9.17) is 11.6 Å². The van der Waals surface area contributed by atoms with Crippen LogP contribution < -0.4 is 0 Å². The number of aryl methyl sites for hydroxylation is 1. The van der Waals surface area contributed by atoms with Crippen LogP contribution in [0.5, 0.6) is 0 Å². The molecule has 0 spiro atoms. The minimum absolute atomic E-state index is 0.730. The first-order valence-corrected chi connectivity index (χ1v) is 8.30. The molecule has 1 atom stereocenters. The summed E-state index contributed by atoms with van der Waals surface area (Å²) in [4.78, 5) is 2.66. The van der Waals surface area contributed by atoms with Crippen LogP contribution in [0.1, 0.15) is 49.1 Å². The topological polar surface area (TPSA) is 3.24 Å². The summed E-state index contributed by atoms with van der Waals surface area (Å²) in [7, 11) is 0. The van der Waals surface area contributed by atoms with Crippen molar-refractivity contribution in [1.82, 2.24) is 4.90 Å². The molecule has 0 amide bonds. The zero-order valence-corrected chi connectivity index (χ0v) is 12.4. The van der Waals surface area contributed by atoms with Gasteiger partial charge in [0.2, 0.25) is 0 Å². The number of nitrogens with zero attached hydrogens (tertiary/aromatic N) is 1. The summed E-state index contributed by atoms with van der Waals surface area (Å²) in [5, 5.41) is 0. The van der Waals surface area contributed by atoms with Crippen LogP contribution in [0, 0.1) is 0 Å². The van der Waals surface area contributed by atoms with Gasteiger partial charge in [-0.15, -0.1) is 11.6 Å². The Morgan fingerprint density at radius 1 is 1.11 bits per heavy atom. The van der Waals surface area contributed by atoms with Gasteiger partial charge in [0.05, 0.1) is 0 Å². The maximum atomic E-state index is 6.00. The molecule has 1 nitrogen and oxygen atoms in total. The minimum Gasteiger partial charge on any atom is -0.299 e. The summed E-state index contributed by atoms with van der Waals surface area (Å²) in [6.45, 7) is 2.28. The van der Waals surface area contributed by atoms with Gasteiger partial charge in [-0.05, 0) is 49.1 Å². The molecule has 1 fully saturated rings. The predicted molar refractivity (Wildman–Crippen MR) is 82.1 cm³/mol. The van der Waals surface area contributed by atoms with Crippen LogP contribution >= 0.6 is 11.6 Å². The van der Waals surface area contributed by atoms with Crippen LogP contribution in [0.3, 0.4) is 0 Å². The molecule has 0 N–H and O–H groups in total. The van der Waals surface area contributed by atoms with E-state index in [0.29, 0.717) is 0 Å². The van der Waals surface area contributed by atoms with Crippen molar-refractivity contribution in [1.29, 1.82) is 0 Å². The van der Waals surface area contributed by atoms with Crippen molar-refractivity contribution in [3.05, 3.63) is 35.4 Å². The molecule has 0 saturated heterocycles. The number of alkyl halides is 1. The molecule has 19 heavy (non-hydrogen) atoms. The van der Waals surface area contributed by atoms with Crippen molar-refractivity contribution < 1.29 is 0 Å².